The number of benzene rings is 1. The molecule has 0 unspecified atom stereocenters. The smallest absolute Gasteiger partial charge is 0.245 e. The number of hydrogen-bond donors (Lipinski definition) is 0. The lowest BCUT2D eigenvalue weighted by atomic mass is 10.1. The van der Waals surface area contributed by atoms with Crippen molar-refractivity contribution in [2.75, 3.05) is 0 Å². The minimum atomic E-state index is -0.166. The molecule has 0 spiro atoms. The van der Waals surface area contributed by atoms with Crippen LogP contribution in [0, 0.1) is 0 Å². The van der Waals surface area contributed by atoms with Crippen LogP contribution in [0.15, 0.2) is 35.8 Å². The first kappa shape index (κ1) is 14.7. The molecule has 0 aliphatic carbocycles. The van der Waals surface area contributed by atoms with Crippen LogP contribution in [-0.4, -0.2) is 10.5 Å². The Morgan fingerprint density at radius 1 is 1.50 bits per heavy atom. The summed E-state index contributed by atoms with van der Waals surface area (Å²) >= 11 is 1.57. The number of amides is 1. The van der Waals surface area contributed by atoms with E-state index in [-0.39, 0.29) is 5.91 Å². The third-order valence-corrected chi connectivity index (χ3v) is 4.17. The van der Waals surface area contributed by atoms with Gasteiger partial charge in [-0.3, -0.25) is 4.79 Å². The number of aromatic nitrogens is 1. The van der Waals surface area contributed by atoms with Crippen molar-refractivity contribution in [1.82, 2.24) is 4.57 Å². The first-order valence-electron chi connectivity index (χ1n) is 6.94. The number of rotatable bonds is 5. The summed E-state index contributed by atoms with van der Waals surface area (Å²) in [5, 5.41) is 0. The van der Waals surface area contributed by atoms with Crippen molar-refractivity contribution in [3.63, 3.8) is 0 Å². The molecule has 0 bridgehead atoms. The Morgan fingerprint density at radius 2 is 2.30 bits per heavy atom. The van der Waals surface area contributed by atoms with Crippen LogP contribution in [0.3, 0.4) is 0 Å². The van der Waals surface area contributed by atoms with E-state index in [0.29, 0.717) is 6.54 Å². The van der Waals surface area contributed by atoms with Gasteiger partial charge in [0.15, 0.2) is 4.80 Å². The zero-order valence-corrected chi connectivity index (χ0v) is 12.9. The van der Waals surface area contributed by atoms with Crippen LogP contribution in [0.4, 0.5) is 0 Å². The molecule has 0 saturated carbocycles. The Morgan fingerprint density at radius 3 is 2.95 bits per heavy atom. The lowest BCUT2D eigenvalue weighted by molar-refractivity contribution is -0.116. The second-order valence-electron chi connectivity index (χ2n) is 4.82. The summed E-state index contributed by atoms with van der Waals surface area (Å²) < 4.78 is 3.22. The molecule has 0 saturated heterocycles. The average molecular weight is 288 g/mol. The highest BCUT2D eigenvalue weighted by Crippen LogP contribution is 2.20. The summed E-state index contributed by atoms with van der Waals surface area (Å²) in [4.78, 5) is 16.1. The highest BCUT2D eigenvalue weighted by atomic mass is 32.1. The molecule has 0 atom stereocenters. The molecule has 0 aliphatic heterocycles. The highest BCUT2D eigenvalue weighted by Gasteiger charge is 2.06. The van der Waals surface area contributed by atoms with Gasteiger partial charge in [0.1, 0.15) is 0 Å². The van der Waals surface area contributed by atoms with Gasteiger partial charge in [0.2, 0.25) is 5.91 Å². The number of allylic oxidation sites excluding steroid dienone is 1. The maximum Gasteiger partial charge on any atom is 0.245 e. The standard InChI is InChI=1S/C16H20N2OS/c1-4-6-7-13-8-9-14-15(11-13)20-16(17-12(3)19)18(14)10-5-2/h5,8-9,11H,2,4,6-7,10H2,1,3H3. The quantitative estimate of drug-likeness (QED) is 0.773. The molecule has 2 rings (SSSR count). The van der Waals surface area contributed by atoms with Crippen molar-refractivity contribution in [1.29, 1.82) is 0 Å². The predicted molar refractivity (Wildman–Crippen MR) is 84.9 cm³/mol. The van der Waals surface area contributed by atoms with E-state index in [0.717, 1.165) is 16.7 Å². The highest BCUT2D eigenvalue weighted by molar-refractivity contribution is 7.16. The predicted octanol–water partition coefficient (Wildman–Crippen LogP) is 3.68. The van der Waals surface area contributed by atoms with Crippen LogP contribution in [0.1, 0.15) is 32.3 Å². The van der Waals surface area contributed by atoms with Gasteiger partial charge in [0.05, 0.1) is 10.2 Å². The Bertz CT molecular complexity index is 694. The number of aryl methyl sites for hydroxylation is 1. The van der Waals surface area contributed by atoms with Gasteiger partial charge < -0.3 is 4.57 Å². The van der Waals surface area contributed by atoms with Gasteiger partial charge in [-0.15, -0.1) is 6.58 Å². The second kappa shape index (κ2) is 6.66. The van der Waals surface area contributed by atoms with E-state index in [1.54, 1.807) is 11.3 Å². The Kier molecular flexibility index (Phi) is 4.90. The van der Waals surface area contributed by atoms with Crippen molar-refractivity contribution < 1.29 is 4.79 Å². The maximum absolute atomic E-state index is 11.3. The Balaban J connectivity index is 2.55. The summed E-state index contributed by atoms with van der Waals surface area (Å²) in [5.74, 6) is -0.166. The van der Waals surface area contributed by atoms with E-state index in [1.165, 1.54) is 30.0 Å². The van der Waals surface area contributed by atoms with Crippen molar-refractivity contribution in [2.45, 2.75) is 39.7 Å². The molecule has 0 fully saturated rings. The van der Waals surface area contributed by atoms with Crippen molar-refractivity contribution in [3.8, 4) is 0 Å². The third kappa shape index (κ3) is 3.25. The number of hydrogen-bond acceptors (Lipinski definition) is 2. The van der Waals surface area contributed by atoms with Crippen LogP contribution < -0.4 is 4.80 Å². The second-order valence-corrected chi connectivity index (χ2v) is 5.83. The molecule has 0 N–H and O–H groups in total. The topological polar surface area (TPSA) is 34.4 Å². The lowest BCUT2D eigenvalue weighted by Gasteiger charge is -2.03. The molecule has 4 heteroatoms. The minimum Gasteiger partial charge on any atom is -0.313 e. The average Bonchev–Trinajstić information content (AvgIpc) is 2.73. The normalized spacial score (nSPS) is 12.0. The van der Waals surface area contributed by atoms with Crippen LogP contribution in [0.2, 0.25) is 0 Å². The van der Waals surface area contributed by atoms with Crippen molar-refractivity contribution >= 4 is 27.5 Å². The van der Waals surface area contributed by atoms with Gasteiger partial charge in [-0.1, -0.05) is 36.8 Å². The molecule has 106 valence electrons. The van der Waals surface area contributed by atoms with Crippen LogP contribution >= 0.6 is 11.3 Å². The largest absolute Gasteiger partial charge is 0.313 e. The van der Waals surface area contributed by atoms with Crippen LogP contribution in [-0.2, 0) is 17.8 Å². The van der Waals surface area contributed by atoms with E-state index in [1.807, 2.05) is 10.6 Å². The number of carbonyl (C=O) groups is 1. The zero-order chi connectivity index (χ0) is 14.5. The van der Waals surface area contributed by atoms with E-state index in [4.69, 9.17) is 0 Å². The number of fused-ring (bicyclic) bond motifs is 1. The van der Waals surface area contributed by atoms with Gasteiger partial charge in [0.25, 0.3) is 0 Å². The molecule has 2 aromatic rings. The SMILES string of the molecule is C=CCn1c(=NC(C)=O)sc2cc(CCCC)ccc21. The van der Waals surface area contributed by atoms with Crippen LogP contribution in [0.25, 0.3) is 10.2 Å². The molecule has 0 aliphatic rings. The fraction of sp³-hybridized carbons (Fsp3) is 0.375. The summed E-state index contributed by atoms with van der Waals surface area (Å²) in [7, 11) is 0. The van der Waals surface area contributed by atoms with Gasteiger partial charge in [0, 0.05) is 13.5 Å². The number of unbranched alkanes of at least 4 members (excludes halogenated alkanes) is 1. The van der Waals surface area contributed by atoms with E-state index >= 15 is 0 Å². The fourth-order valence-electron chi connectivity index (χ4n) is 2.18. The first-order chi connectivity index (χ1) is 9.65. The van der Waals surface area contributed by atoms with Gasteiger partial charge in [-0.25, -0.2) is 0 Å². The lowest BCUT2D eigenvalue weighted by Crippen LogP contribution is -2.15. The molecule has 1 aromatic carbocycles. The molecule has 1 heterocycles. The first-order valence-corrected chi connectivity index (χ1v) is 7.75. The number of nitrogens with zero attached hydrogens (tertiary/aromatic N) is 2. The Labute approximate surface area is 123 Å². The van der Waals surface area contributed by atoms with E-state index in [9.17, 15) is 4.79 Å². The molecular formula is C16H20N2OS. The molecule has 3 nitrogen and oxygen atoms in total. The van der Waals surface area contributed by atoms with E-state index in [2.05, 4.69) is 36.7 Å². The van der Waals surface area contributed by atoms with Crippen molar-refractivity contribution in [3.05, 3.63) is 41.2 Å². The summed E-state index contributed by atoms with van der Waals surface area (Å²) in [6.45, 7) is 8.13. The van der Waals surface area contributed by atoms with Gasteiger partial charge >= 0.3 is 0 Å². The summed E-state index contributed by atoms with van der Waals surface area (Å²) in [5.41, 5.74) is 2.47. The summed E-state index contributed by atoms with van der Waals surface area (Å²) in [6.07, 6.45) is 5.33. The molecule has 1 aromatic heterocycles. The molecule has 0 radical (unpaired) electrons. The minimum absolute atomic E-state index is 0.166. The monoisotopic (exact) mass is 288 g/mol. The van der Waals surface area contributed by atoms with Gasteiger partial charge in [-0.2, -0.15) is 4.99 Å². The van der Waals surface area contributed by atoms with Crippen LogP contribution in [0.5, 0.6) is 0 Å². The fourth-order valence-corrected chi connectivity index (χ4v) is 3.33. The van der Waals surface area contributed by atoms with E-state index < -0.39 is 0 Å². The third-order valence-electron chi connectivity index (χ3n) is 3.13. The zero-order valence-electron chi connectivity index (χ0n) is 12.1. The number of thiazole rings is 1. The number of carbonyl (C=O) groups excluding carboxylic acids is 1. The molecule has 1 amide bonds. The van der Waals surface area contributed by atoms with Crippen molar-refractivity contribution in [2.24, 2.45) is 4.99 Å². The summed E-state index contributed by atoms with van der Waals surface area (Å²) in [6, 6.07) is 6.51. The Hall–Kier alpha value is -1.68. The molecule has 20 heavy (non-hydrogen) atoms. The van der Waals surface area contributed by atoms with Gasteiger partial charge in [-0.05, 0) is 30.5 Å². The maximum atomic E-state index is 11.3. The molecular weight excluding hydrogens is 268 g/mol.